The van der Waals surface area contributed by atoms with E-state index in [1.165, 1.54) is 0 Å². The first-order valence-electron chi connectivity index (χ1n) is 8.86. The number of rotatable bonds is 5. The number of carbonyl (C=O) groups is 2. The summed E-state index contributed by atoms with van der Waals surface area (Å²) in [6.45, 7) is 5.02. The Hall–Kier alpha value is -2.34. The molecule has 1 aliphatic rings. The molecule has 0 aliphatic carbocycles. The molecule has 3 rings (SSSR count). The van der Waals surface area contributed by atoms with Crippen molar-refractivity contribution >= 4 is 23.5 Å². The quantitative estimate of drug-likeness (QED) is 0.751. The normalized spacial score (nSPS) is 13.4. The fraction of sp³-hybridized carbons (Fsp3) is 0.421. The van der Waals surface area contributed by atoms with E-state index < -0.39 is 5.97 Å². The number of hydrogen-bond donors (Lipinski definition) is 0. The SMILES string of the molecule is CCCC(=O)N1CCc2c(c(C(=O)OCC)nn2-c2ccc(Cl)cc2)C1. The van der Waals surface area contributed by atoms with Gasteiger partial charge in [-0.1, -0.05) is 18.5 Å². The Bertz CT molecular complexity index is 814. The van der Waals surface area contributed by atoms with Crippen molar-refractivity contribution in [1.82, 2.24) is 14.7 Å². The van der Waals surface area contributed by atoms with E-state index >= 15 is 0 Å². The van der Waals surface area contributed by atoms with Crippen molar-refractivity contribution in [2.24, 2.45) is 0 Å². The van der Waals surface area contributed by atoms with E-state index in [1.807, 2.05) is 19.1 Å². The highest BCUT2D eigenvalue weighted by Crippen LogP contribution is 2.27. The van der Waals surface area contributed by atoms with Gasteiger partial charge in [-0.3, -0.25) is 4.79 Å². The molecule has 138 valence electrons. The molecule has 6 nitrogen and oxygen atoms in total. The minimum Gasteiger partial charge on any atom is -0.461 e. The largest absolute Gasteiger partial charge is 0.461 e. The summed E-state index contributed by atoms with van der Waals surface area (Å²) in [6, 6.07) is 7.29. The first-order valence-corrected chi connectivity index (χ1v) is 9.24. The molecule has 1 aromatic carbocycles. The lowest BCUT2D eigenvalue weighted by atomic mass is 10.0. The van der Waals surface area contributed by atoms with E-state index in [9.17, 15) is 9.59 Å². The molecule has 0 atom stereocenters. The van der Waals surface area contributed by atoms with E-state index in [-0.39, 0.29) is 18.2 Å². The third-order valence-corrected chi connectivity index (χ3v) is 4.67. The van der Waals surface area contributed by atoms with Crippen molar-refractivity contribution in [3.8, 4) is 5.69 Å². The van der Waals surface area contributed by atoms with Crippen molar-refractivity contribution in [3.05, 3.63) is 46.2 Å². The van der Waals surface area contributed by atoms with Crippen LogP contribution in [0, 0.1) is 0 Å². The van der Waals surface area contributed by atoms with Gasteiger partial charge in [0.15, 0.2) is 5.69 Å². The van der Waals surface area contributed by atoms with Crippen LogP contribution in [0.15, 0.2) is 24.3 Å². The monoisotopic (exact) mass is 375 g/mol. The van der Waals surface area contributed by atoms with Gasteiger partial charge >= 0.3 is 5.97 Å². The number of aromatic nitrogens is 2. The van der Waals surface area contributed by atoms with Gasteiger partial charge in [0.2, 0.25) is 5.91 Å². The predicted molar refractivity (Wildman–Crippen MR) is 98.6 cm³/mol. The Morgan fingerprint density at radius 3 is 2.62 bits per heavy atom. The highest BCUT2D eigenvalue weighted by Gasteiger charge is 2.30. The van der Waals surface area contributed by atoms with Crippen LogP contribution < -0.4 is 0 Å². The van der Waals surface area contributed by atoms with Gasteiger partial charge in [0.1, 0.15) is 0 Å². The first kappa shape index (κ1) is 18.5. The Balaban J connectivity index is 2.01. The summed E-state index contributed by atoms with van der Waals surface area (Å²) in [6.07, 6.45) is 1.95. The zero-order chi connectivity index (χ0) is 18.7. The average Bonchev–Trinajstić information content (AvgIpc) is 3.02. The van der Waals surface area contributed by atoms with Gasteiger partial charge in [0.05, 0.1) is 18.0 Å². The minimum atomic E-state index is -0.457. The number of fused-ring (bicyclic) bond motifs is 1. The van der Waals surface area contributed by atoms with Crippen LogP contribution in [-0.2, 0) is 22.5 Å². The fourth-order valence-corrected chi connectivity index (χ4v) is 3.29. The van der Waals surface area contributed by atoms with E-state index in [4.69, 9.17) is 16.3 Å². The maximum absolute atomic E-state index is 12.4. The number of ether oxygens (including phenoxy) is 1. The van der Waals surface area contributed by atoms with Gasteiger partial charge in [-0.15, -0.1) is 0 Å². The maximum atomic E-state index is 12.4. The summed E-state index contributed by atoms with van der Waals surface area (Å²) in [5.74, 6) is -0.353. The maximum Gasteiger partial charge on any atom is 0.359 e. The zero-order valence-corrected chi connectivity index (χ0v) is 15.8. The molecular weight excluding hydrogens is 354 g/mol. The standard InChI is InChI=1S/C19H22ClN3O3/c1-3-5-17(24)22-11-10-16-15(12-22)18(19(25)26-4-2)21-23(16)14-8-6-13(20)7-9-14/h6-9H,3-5,10-12H2,1-2H3. The summed E-state index contributed by atoms with van der Waals surface area (Å²) < 4.78 is 6.93. The number of nitrogens with zero attached hydrogens (tertiary/aromatic N) is 3. The van der Waals surface area contributed by atoms with Crippen LogP contribution in [0.5, 0.6) is 0 Å². The minimum absolute atomic E-state index is 0.104. The van der Waals surface area contributed by atoms with E-state index in [0.29, 0.717) is 31.0 Å². The lowest BCUT2D eigenvalue weighted by Gasteiger charge is -2.27. The molecular formula is C19H22ClN3O3. The van der Waals surface area contributed by atoms with Crippen LogP contribution in [0.1, 0.15) is 48.4 Å². The van der Waals surface area contributed by atoms with Gasteiger partial charge in [0.25, 0.3) is 0 Å². The molecule has 2 heterocycles. The number of amides is 1. The van der Waals surface area contributed by atoms with Crippen molar-refractivity contribution in [2.45, 2.75) is 39.7 Å². The van der Waals surface area contributed by atoms with Crippen LogP contribution in [0.25, 0.3) is 5.69 Å². The Kier molecular flexibility index (Phi) is 5.61. The Morgan fingerprint density at radius 2 is 1.96 bits per heavy atom. The summed E-state index contributed by atoms with van der Waals surface area (Å²) in [5.41, 5.74) is 2.82. The topological polar surface area (TPSA) is 64.4 Å². The third-order valence-electron chi connectivity index (χ3n) is 4.41. The molecule has 1 aromatic heterocycles. The summed E-state index contributed by atoms with van der Waals surface area (Å²) in [5, 5.41) is 5.15. The number of benzene rings is 1. The van der Waals surface area contributed by atoms with Gasteiger partial charge in [0, 0.05) is 36.5 Å². The molecule has 0 unspecified atom stereocenters. The zero-order valence-electron chi connectivity index (χ0n) is 15.0. The van der Waals surface area contributed by atoms with E-state index in [1.54, 1.807) is 28.6 Å². The second-order valence-corrected chi connectivity index (χ2v) is 6.63. The number of carbonyl (C=O) groups excluding carboxylic acids is 2. The first-order chi connectivity index (χ1) is 12.5. The molecule has 2 aromatic rings. The molecule has 1 amide bonds. The molecule has 0 saturated heterocycles. The number of halogens is 1. The van der Waals surface area contributed by atoms with E-state index in [0.717, 1.165) is 23.4 Å². The van der Waals surface area contributed by atoms with Crippen molar-refractivity contribution in [3.63, 3.8) is 0 Å². The van der Waals surface area contributed by atoms with Gasteiger partial charge in [-0.25, -0.2) is 9.48 Å². The summed E-state index contributed by atoms with van der Waals surface area (Å²) in [4.78, 5) is 26.5. The molecule has 0 fully saturated rings. The average molecular weight is 376 g/mol. The van der Waals surface area contributed by atoms with E-state index in [2.05, 4.69) is 5.10 Å². The predicted octanol–water partition coefficient (Wildman–Crippen LogP) is 3.39. The van der Waals surface area contributed by atoms with Crippen LogP contribution >= 0.6 is 11.6 Å². The molecule has 0 spiro atoms. The molecule has 7 heteroatoms. The van der Waals surface area contributed by atoms with Gasteiger partial charge in [-0.2, -0.15) is 5.10 Å². The summed E-state index contributed by atoms with van der Waals surface area (Å²) in [7, 11) is 0. The van der Waals surface area contributed by atoms with Gasteiger partial charge < -0.3 is 9.64 Å². The highest BCUT2D eigenvalue weighted by molar-refractivity contribution is 6.30. The number of hydrogen-bond acceptors (Lipinski definition) is 4. The second kappa shape index (κ2) is 7.91. The van der Waals surface area contributed by atoms with Crippen LogP contribution in [0.4, 0.5) is 0 Å². The molecule has 0 bridgehead atoms. The number of esters is 1. The molecule has 0 N–H and O–H groups in total. The lowest BCUT2D eigenvalue weighted by Crippen LogP contribution is -2.36. The van der Waals surface area contributed by atoms with Crippen LogP contribution in [0.2, 0.25) is 5.02 Å². The van der Waals surface area contributed by atoms with Crippen molar-refractivity contribution < 1.29 is 14.3 Å². The van der Waals surface area contributed by atoms with Gasteiger partial charge in [-0.05, 0) is 37.6 Å². The summed E-state index contributed by atoms with van der Waals surface area (Å²) >= 11 is 5.98. The molecule has 0 radical (unpaired) electrons. The lowest BCUT2D eigenvalue weighted by molar-refractivity contribution is -0.132. The van der Waals surface area contributed by atoms with Crippen LogP contribution in [-0.4, -0.2) is 39.7 Å². The Labute approximate surface area is 157 Å². The van der Waals surface area contributed by atoms with Crippen molar-refractivity contribution in [2.75, 3.05) is 13.2 Å². The smallest absolute Gasteiger partial charge is 0.359 e. The third kappa shape index (κ3) is 3.60. The highest BCUT2D eigenvalue weighted by atomic mass is 35.5. The molecule has 26 heavy (non-hydrogen) atoms. The molecule has 1 aliphatic heterocycles. The fourth-order valence-electron chi connectivity index (χ4n) is 3.16. The molecule has 0 saturated carbocycles. The second-order valence-electron chi connectivity index (χ2n) is 6.20. The van der Waals surface area contributed by atoms with Crippen molar-refractivity contribution in [1.29, 1.82) is 0 Å². The Morgan fingerprint density at radius 1 is 1.23 bits per heavy atom. The van der Waals surface area contributed by atoms with Crippen LogP contribution in [0.3, 0.4) is 0 Å².